The van der Waals surface area contributed by atoms with Crippen molar-refractivity contribution in [2.75, 3.05) is 33.5 Å². The molecule has 3 rings (SSSR count). The molecule has 2 heterocycles. The number of H-pyrrole nitrogens is 1. The Morgan fingerprint density at radius 2 is 2.27 bits per heavy atom. The number of rotatable bonds is 5. The van der Waals surface area contributed by atoms with Gasteiger partial charge < -0.3 is 24.5 Å². The molecule has 1 saturated heterocycles. The lowest BCUT2D eigenvalue weighted by Crippen LogP contribution is -2.37. The Kier molecular flexibility index (Phi) is 4.72. The van der Waals surface area contributed by atoms with E-state index < -0.39 is 0 Å². The molecule has 1 aliphatic rings. The maximum absolute atomic E-state index is 12.1. The van der Waals surface area contributed by atoms with Crippen LogP contribution in [-0.4, -0.2) is 44.6 Å². The van der Waals surface area contributed by atoms with Crippen molar-refractivity contribution >= 4 is 10.9 Å². The molecule has 0 amide bonds. The molecule has 0 radical (unpaired) electrons. The summed E-state index contributed by atoms with van der Waals surface area (Å²) in [5, 5.41) is 4.20. The van der Waals surface area contributed by atoms with Gasteiger partial charge in [0.1, 0.15) is 5.75 Å². The predicted molar refractivity (Wildman–Crippen MR) is 83.4 cm³/mol. The van der Waals surface area contributed by atoms with Gasteiger partial charge in [-0.1, -0.05) is 0 Å². The van der Waals surface area contributed by atoms with E-state index in [0.29, 0.717) is 38.5 Å². The Balaban J connectivity index is 1.69. The SMILES string of the molecule is COc1ccc2[nH]c(=O)c(CNCC3COCCO3)cc2c1. The zero-order chi connectivity index (χ0) is 15.4. The average molecular weight is 304 g/mol. The first-order valence-electron chi connectivity index (χ1n) is 7.36. The average Bonchev–Trinajstić information content (AvgIpc) is 2.56. The molecule has 0 saturated carbocycles. The minimum absolute atomic E-state index is 0.0494. The summed E-state index contributed by atoms with van der Waals surface area (Å²) in [7, 11) is 1.63. The number of benzene rings is 1. The highest BCUT2D eigenvalue weighted by atomic mass is 16.6. The summed E-state index contributed by atoms with van der Waals surface area (Å²) in [4.78, 5) is 15.0. The first-order valence-corrected chi connectivity index (χ1v) is 7.36. The molecule has 1 aliphatic heterocycles. The van der Waals surface area contributed by atoms with Crippen LogP contribution < -0.4 is 15.6 Å². The van der Waals surface area contributed by atoms with E-state index in [1.807, 2.05) is 24.3 Å². The van der Waals surface area contributed by atoms with Crippen LogP contribution in [0, 0.1) is 0 Å². The van der Waals surface area contributed by atoms with Crippen LogP contribution in [0.25, 0.3) is 10.9 Å². The molecule has 1 fully saturated rings. The molecule has 0 aliphatic carbocycles. The van der Waals surface area contributed by atoms with Crippen LogP contribution in [0.5, 0.6) is 5.75 Å². The molecule has 1 unspecified atom stereocenters. The van der Waals surface area contributed by atoms with E-state index in [2.05, 4.69) is 10.3 Å². The van der Waals surface area contributed by atoms with Gasteiger partial charge >= 0.3 is 0 Å². The molecule has 6 nitrogen and oxygen atoms in total. The summed E-state index contributed by atoms with van der Waals surface area (Å²) in [5.74, 6) is 0.770. The lowest BCUT2D eigenvalue weighted by Gasteiger charge is -2.23. The summed E-state index contributed by atoms with van der Waals surface area (Å²) in [6.45, 7) is 3.03. The Labute approximate surface area is 128 Å². The Bertz CT molecular complexity index is 692. The lowest BCUT2D eigenvalue weighted by molar-refractivity contribution is -0.0864. The number of nitrogens with one attached hydrogen (secondary N) is 2. The van der Waals surface area contributed by atoms with E-state index in [1.165, 1.54) is 0 Å². The fraction of sp³-hybridized carbons (Fsp3) is 0.438. The molecule has 0 bridgehead atoms. The van der Waals surface area contributed by atoms with Crippen molar-refractivity contribution in [2.24, 2.45) is 0 Å². The second-order valence-corrected chi connectivity index (χ2v) is 5.28. The van der Waals surface area contributed by atoms with Crippen LogP contribution in [0.4, 0.5) is 0 Å². The molecule has 0 spiro atoms. The van der Waals surface area contributed by atoms with Crippen LogP contribution in [0.1, 0.15) is 5.56 Å². The molecule has 2 aromatic rings. The molecule has 1 aromatic carbocycles. The fourth-order valence-electron chi connectivity index (χ4n) is 2.51. The molecular formula is C16H20N2O4. The number of methoxy groups -OCH3 is 1. The molecule has 1 atom stereocenters. The summed E-state index contributed by atoms with van der Waals surface area (Å²) in [5.41, 5.74) is 1.42. The number of aromatic amines is 1. The second-order valence-electron chi connectivity index (χ2n) is 5.28. The van der Waals surface area contributed by atoms with Crippen LogP contribution in [0.2, 0.25) is 0 Å². The van der Waals surface area contributed by atoms with Crippen molar-refractivity contribution in [1.29, 1.82) is 0 Å². The molecule has 6 heteroatoms. The van der Waals surface area contributed by atoms with E-state index in [4.69, 9.17) is 14.2 Å². The van der Waals surface area contributed by atoms with Crippen molar-refractivity contribution in [3.63, 3.8) is 0 Å². The number of ether oxygens (including phenoxy) is 3. The summed E-state index contributed by atoms with van der Waals surface area (Å²) in [6, 6.07) is 7.48. The molecular weight excluding hydrogens is 284 g/mol. The Morgan fingerprint density at radius 3 is 3.05 bits per heavy atom. The number of aromatic nitrogens is 1. The van der Waals surface area contributed by atoms with E-state index in [0.717, 1.165) is 16.7 Å². The van der Waals surface area contributed by atoms with Gasteiger partial charge in [-0.25, -0.2) is 0 Å². The van der Waals surface area contributed by atoms with E-state index >= 15 is 0 Å². The largest absolute Gasteiger partial charge is 0.497 e. The number of hydrogen-bond donors (Lipinski definition) is 2. The molecule has 118 valence electrons. The van der Waals surface area contributed by atoms with Gasteiger partial charge in [0.2, 0.25) is 0 Å². The number of hydrogen-bond acceptors (Lipinski definition) is 5. The Hall–Kier alpha value is -1.89. The van der Waals surface area contributed by atoms with Gasteiger partial charge in [-0.15, -0.1) is 0 Å². The maximum Gasteiger partial charge on any atom is 0.252 e. The van der Waals surface area contributed by atoms with E-state index in [-0.39, 0.29) is 11.7 Å². The highest BCUT2D eigenvalue weighted by Crippen LogP contribution is 2.18. The van der Waals surface area contributed by atoms with Gasteiger partial charge in [0, 0.05) is 29.6 Å². The van der Waals surface area contributed by atoms with E-state index in [9.17, 15) is 4.79 Å². The molecule has 22 heavy (non-hydrogen) atoms. The zero-order valence-electron chi connectivity index (χ0n) is 12.6. The van der Waals surface area contributed by atoms with Crippen LogP contribution >= 0.6 is 0 Å². The van der Waals surface area contributed by atoms with Gasteiger partial charge in [-0.05, 0) is 24.3 Å². The van der Waals surface area contributed by atoms with Gasteiger partial charge in [-0.2, -0.15) is 0 Å². The fourth-order valence-corrected chi connectivity index (χ4v) is 2.51. The maximum atomic E-state index is 12.1. The minimum atomic E-state index is -0.0778. The highest BCUT2D eigenvalue weighted by Gasteiger charge is 2.13. The predicted octanol–water partition coefficient (Wildman–Crippen LogP) is 1.04. The third kappa shape index (κ3) is 3.47. The minimum Gasteiger partial charge on any atom is -0.497 e. The van der Waals surface area contributed by atoms with Crippen LogP contribution in [0.15, 0.2) is 29.1 Å². The third-order valence-electron chi connectivity index (χ3n) is 3.70. The van der Waals surface area contributed by atoms with Gasteiger partial charge in [-0.3, -0.25) is 4.79 Å². The normalized spacial score (nSPS) is 18.5. The standard InChI is InChI=1S/C16H20N2O4/c1-20-13-2-3-15-11(7-13)6-12(16(19)18-15)8-17-9-14-10-21-4-5-22-14/h2-3,6-7,14,17H,4-5,8-10H2,1H3,(H,18,19). The number of pyridine rings is 1. The smallest absolute Gasteiger partial charge is 0.252 e. The summed E-state index contributed by atoms with van der Waals surface area (Å²) >= 11 is 0. The summed E-state index contributed by atoms with van der Waals surface area (Å²) < 4.78 is 16.1. The Morgan fingerprint density at radius 1 is 1.36 bits per heavy atom. The van der Waals surface area contributed by atoms with Crippen molar-refractivity contribution in [1.82, 2.24) is 10.3 Å². The van der Waals surface area contributed by atoms with Crippen LogP contribution in [0.3, 0.4) is 0 Å². The quantitative estimate of drug-likeness (QED) is 0.863. The van der Waals surface area contributed by atoms with Crippen molar-refractivity contribution in [3.05, 3.63) is 40.2 Å². The van der Waals surface area contributed by atoms with Crippen molar-refractivity contribution in [3.8, 4) is 5.75 Å². The highest BCUT2D eigenvalue weighted by molar-refractivity contribution is 5.80. The lowest BCUT2D eigenvalue weighted by atomic mass is 10.1. The first kappa shape index (κ1) is 15.0. The van der Waals surface area contributed by atoms with Crippen molar-refractivity contribution < 1.29 is 14.2 Å². The molecule has 1 aromatic heterocycles. The van der Waals surface area contributed by atoms with Gasteiger partial charge in [0.15, 0.2) is 0 Å². The number of fused-ring (bicyclic) bond motifs is 1. The zero-order valence-corrected chi connectivity index (χ0v) is 12.6. The summed E-state index contributed by atoms with van der Waals surface area (Å²) in [6.07, 6.45) is 0.0494. The van der Waals surface area contributed by atoms with Gasteiger partial charge in [0.25, 0.3) is 5.56 Å². The van der Waals surface area contributed by atoms with E-state index in [1.54, 1.807) is 7.11 Å². The monoisotopic (exact) mass is 304 g/mol. The third-order valence-corrected chi connectivity index (χ3v) is 3.70. The molecule has 2 N–H and O–H groups in total. The first-order chi connectivity index (χ1) is 10.8. The topological polar surface area (TPSA) is 72.6 Å². The second kappa shape index (κ2) is 6.91. The van der Waals surface area contributed by atoms with Crippen molar-refractivity contribution in [2.45, 2.75) is 12.6 Å². The van der Waals surface area contributed by atoms with Crippen LogP contribution in [-0.2, 0) is 16.0 Å². The van der Waals surface area contributed by atoms with Gasteiger partial charge in [0.05, 0.1) is 33.0 Å².